The Balaban J connectivity index is 1.20. The Labute approximate surface area is 212 Å². The molecule has 0 spiro atoms. The fourth-order valence-corrected chi connectivity index (χ4v) is 5.47. The molecule has 1 aliphatic heterocycles. The molecular weight excluding hydrogens is 450 g/mol. The molecular formula is C30H35N3O3. The molecule has 1 saturated carbocycles. The molecule has 1 aromatic heterocycles. The molecule has 2 aromatic carbocycles. The highest BCUT2D eigenvalue weighted by Gasteiger charge is 2.23. The third-order valence-corrected chi connectivity index (χ3v) is 7.69. The van der Waals surface area contributed by atoms with Crippen LogP contribution in [0.3, 0.4) is 0 Å². The number of hydrogen-bond donors (Lipinski definition) is 2. The highest BCUT2D eigenvalue weighted by molar-refractivity contribution is 5.82. The van der Waals surface area contributed by atoms with E-state index in [1.54, 1.807) is 7.11 Å². The largest absolute Gasteiger partial charge is 0.497 e. The first-order valence-electron chi connectivity index (χ1n) is 13.0. The summed E-state index contributed by atoms with van der Waals surface area (Å²) in [5.41, 5.74) is 5.69. The SMILES string of the molecule is COC(=O)CCC1CCC(c2ccc(C3C=CC(c4nc5ccc(OC)cc5[nH]4)=CCN3)cc2)CC1. The van der Waals surface area contributed by atoms with Gasteiger partial charge in [-0.1, -0.05) is 42.5 Å². The summed E-state index contributed by atoms with van der Waals surface area (Å²) in [6.07, 6.45) is 12.8. The zero-order chi connectivity index (χ0) is 24.9. The van der Waals surface area contributed by atoms with E-state index in [1.807, 2.05) is 18.2 Å². The smallest absolute Gasteiger partial charge is 0.305 e. The van der Waals surface area contributed by atoms with E-state index in [4.69, 9.17) is 14.5 Å². The predicted molar refractivity (Wildman–Crippen MR) is 143 cm³/mol. The minimum absolute atomic E-state index is 0.0885. The van der Waals surface area contributed by atoms with E-state index in [2.05, 4.69) is 52.8 Å². The number of carbonyl (C=O) groups is 1. The average molecular weight is 486 g/mol. The fourth-order valence-electron chi connectivity index (χ4n) is 5.47. The lowest BCUT2D eigenvalue weighted by Gasteiger charge is -2.29. The van der Waals surface area contributed by atoms with Crippen LogP contribution in [0.5, 0.6) is 5.75 Å². The summed E-state index contributed by atoms with van der Waals surface area (Å²) in [6.45, 7) is 0.769. The molecule has 6 heteroatoms. The van der Waals surface area contributed by atoms with Gasteiger partial charge in [0.25, 0.3) is 0 Å². The molecule has 2 N–H and O–H groups in total. The Bertz CT molecular complexity index is 1250. The summed E-state index contributed by atoms with van der Waals surface area (Å²) >= 11 is 0. The first-order chi connectivity index (χ1) is 17.6. The monoisotopic (exact) mass is 485 g/mol. The number of aromatic nitrogens is 2. The third-order valence-electron chi connectivity index (χ3n) is 7.69. The van der Waals surface area contributed by atoms with E-state index >= 15 is 0 Å². The van der Waals surface area contributed by atoms with Gasteiger partial charge in [-0.05, 0) is 67.2 Å². The number of benzene rings is 2. The van der Waals surface area contributed by atoms with Gasteiger partial charge < -0.3 is 19.8 Å². The standard InChI is InChI=1S/C30H35N3O3/c1-35-25-13-15-27-28(19-25)33-30(32-27)24-12-14-26(31-18-17-24)23-10-8-22(9-11-23)21-6-3-20(4-7-21)5-16-29(34)36-2/h8-15,17,19-21,26,31H,3-7,16,18H2,1-2H3,(H,32,33). The maximum atomic E-state index is 11.4. The topological polar surface area (TPSA) is 76.2 Å². The van der Waals surface area contributed by atoms with Crippen LogP contribution >= 0.6 is 0 Å². The van der Waals surface area contributed by atoms with Crippen LogP contribution < -0.4 is 10.1 Å². The van der Waals surface area contributed by atoms with Gasteiger partial charge in [-0.2, -0.15) is 0 Å². The number of rotatable bonds is 7. The quantitative estimate of drug-likeness (QED) is 0.397. The zero-order valence-electron chi connectivity index (χ0n) is 21.1. The molecule has 1 fully saturated rings. The van der Waals surface area contributed by atoms with Crippen LogP contribution in [-0.4, -0.2) is 36.7 Å². The van der Waals surface area contributed by atoms with E-state index < -0.39 is 0 Å². The van der Waals surface area contributed by atoms with Crippen molar-refractivity contribution >= 4 is 22.6 Å². The Hall–Kier alpha value is -3.38. The molecule has 5 rings (SSSR count). The molecule has 188 valence electrons. The number of fused-ring (bicyclic) bond motifs is 1. The predicted octanol–water partition coefficient (Wildman–Crippen LogP) is 6.08. The van der Waals surface area contributed by atoms with Crippen LogP contribution in [0, 0.1) is 5.92 Å². The number of methoxy groups -OCH3 is 2. The Kier molecular flexibility index (Phi) is 7.52. The molecule has 1 atom stereocenters. The summed E-state index contributed by atoms with van der Waals surface area (Å²) in [5, 5.41) is 3.62. The number of allylic oxidation sites excluding steroid dienone is 2. The van der Waals surface area contributed by atoms with Crippen LogP contribution in [0.25, 0.3) is 16.6 Å². The second kappa shape index (κ2) is 11.1. The fraction of sp³-hybridized carbons (Fsp3) is 0.400. The number of nitrogens with one attached hydrogen (secondary N) is 2. The summed E-state index contributed by atoms with van der Waals surface area (Å²) < 4.78 is 10.1. The second-order valence-electron chi connectivity index (χ2n) is 9.87. The Morgan fingerprint density at radius 3 is 2.56 bits per heavy atom. The minimum Gasteiger partial charge on any atom is -0.497 e. The van der Waals surface area contributed by atoms with Gasteiger partial charge in [0.2, 0.25) is 0 Å². The number of hydrogen-bond acceptors (Lipinski definition) is 5. The van der Waals surface area contributed by atoms with Crippen molar-refractivity contribution in [1.82, 2.24) is 15.3 Å². The number of imidazole rings is 1. The molecule has 1 aliphatic carbocycles. The minimum atomic E-state index is -0.0885. The van der Waals surface area contributed by atoms with Crippen molar-refractivity contribution < 1.29 is 14.3 Å². The van der Waals surface area contributed by atoms with Crippen LogP contribution in [0.4, 0.5) is 0 Å². The number of nitrogens with zero attached hydrogens (tertiary/aromatic N) is 1. The van der Waals surface area contributed by atoms with Crippen molar-refractivity contribution in [3.63, 3.8) is 0 Å². The summed E-state index contributed by atoms with van der Waals surface area (Å²) in [5.74, 6) is 2.87. The molecule has 3 aromatic rings. The van der Waals surface area contributed by atoms with Gasteiger partial charge in [-0.3, -0.25) is 4.79 Å². The highest BCUT2D eigenvalue weighted by Crippen LogP contribution is 2.38. The van der Waals surface area contributed by atoms with Crippen molar-refractivity contribution in [1.29, 1.82) is 0 Å². The van der Waals surface area contributed by atoms with E-state index in [1.165, 1.54) is 43.9 Å². The third kappa shape index (κ3) is 5.54. The first kappa shape index (κ1) is 24.3. The van der Waals surface area contributed by atoms with Gasteiger partial charge in [-0.15, -0.1) is 0 Å². The molecule has 0 amide bonds. The van der Waals surface area contributed by atoms with E-state index in [0.29, 0.717) is 18.3 Å². The van der Waals surface area contributed by atoms with Gasteiger partial charge in [0, 0.05) is 24.6 Å². The van der Waals surface area contributed by atoms with E-state index in [9.17, 15) is 4.79 Å². The van der Waals surface area contributed by atoms with Gasteiger partial charge in [0.15, 0.2) is 0 Å². The van der Waals surface area contributed by atoms with Crippen LogP contribution in [0.15, 0.2) is 60.7 Å². The average Bonchev–Trinajstić information content (AvgIpc) is 3.20. The molecule has 2 heterocycles. The molecule has 1 unspecified atom stereocenters. The second-order valence-corrected chi connectivity index (χ2v) is 9.87. The van der Waals surface area contributed by atoms with Crippen LogP contribution in [-0.2, 0) is 9.53 Å². The summed E-state index contributed by atoms with van der Waals surface area (Å²) in [7, 11) is 3.14. The number of aromatic amines is 1. The number of carbonyl (C=O) groups excluding carboxylic acids is 1. The van der Waals surface area contributed by atoms with E-state index in [-0.39, 0.29) is 12.0 Å². The molecule has 0 saturated heterocycles. The van der Waals surface area contributed by atoms with Gasteiger partial charge >= 0.3 is 5.97 Å². The van der Waals surface area contributed by atoms with Crippen LogP contribution in [0.2, 0.25) is 0 Å². The summed E-state index contributed by atoms with van der Waals surface area (Å²) in [6, 6.07) is 15.2. The Morgan fingerprint density at radius 2 is 1.81 bits per heavy atom. The van der Waals surface area contributed by atoms with Gasteiger partial charge in [0.05, 0.1) is 31.3 Å². The van der Waals surface area contributed by atoms with Crippen molar-refractivity contribution in [2.24, 2.45) is 5.92 Å². The number of esters is 1. The number of ether oxygens (including phenoxy) is 2. The number of H-pyrrole nitrogens is 1. The van der Waals surface area contributed by atoms with E-state index in [0.717, 1.165) is 41.1 Å². The van der Waals surface area contributed by atoms with Crippen molar-refractivity contribution in [3.05, 3.63) is 77.6 Å². The first-order valence-corrected chi connectivity index (χ1v) is 13.0. The zero-order valence-corrected chi connectivity index (χ0v) is 21.1. The van der Waals surface area contributed by atoms with Gasteiger partial charge in [0.1, 0.15) is 11.6 Å². The molecule has 6 nitrogen and oxygen atoms in total. The lowest BCUT2D eigenvalue weighted by atomic mass is 9.77. The molecule has 2 aliphatic rings. The van der Waals surface area contributed by atoms with Gasteiger partial charge in [-0.25, -0.2) is 4.98 Å². The highest BCUT2D eigenvalue weighted by atomic mass is 16.5. The summed E-state index contributed by atoms with van der Waals surface area (Å²) in [4.78, 5) is 19.6. The maximum absolute atomic E-state index is 11.4. The molecule has 36 heavy (non-hydrogen) atoms. The van der Waals surface area contributed by atoms with Crippen molar-refractivity contribution in [2.75, 3.05) is 20.8 Å². The molecule has 0 radical (unpaired) electrons. The normalized spacial score (nSPS) is 22.2. The lowest BCUT2D eigenvalue weighted by Crippen LogP contribution is -2.19. The maximum Gasteiger partial charge on any atom is 0.305 e. The van der Waals surface area contributed by atoms with Crippen LogP contribution in [0.1, 0.15) is 67.4 Å². The lowest BCUT2D eigenvalue weighted by molar-refractivity contribution is -0.141. The molecule has 0 bridgehead atoms. The Morgan fingerprint density at radius 1 is 1.03 bits per heavy atom. The van der Waals surface area contributed by atoms with Crippen molar-refractivity contribution in [2.45, 2.75) is 50.5 Å². The van der Waals surface area contributed by atoms with Crippen molar-refractivity contribution in [3.8, 4) is 5.75 Å².